The van der Waals surface area contributed by atoms with Crippen LogP contribution in [0.1, 0.15) is 72.1 Å². The molecule has 0 radical (unpaired) electrons. The number of unbranched alkanes of at least 4 members (excludes halogenated alkanes) is 4. The Morgan fingerprint density at radius 1 is 1.06 bits per heavy atom. The molecular formula is C14H28O3. The molecule has 0 fully saturated rings. The van der Waals surface area contributed by atoms with Crippen LogP contribution < -0.4 is 0 Å². The van der Waals surface area contributed by atoms with Crippen molar-refractivity contribution in [2.75, 3.05) is 0 Å². The number of hydrogen-bond acceptors (Lipinski definition) is 2. The van der Waals surface area contributed by atoms with Gasteiger partial charge in [0.05, 0.1) is 6.10 Å². The first kappa shape index (κ1) is 16.4. The third-order valence-corrected chi connectivity index (χ3v) is 2.96. The van der Waals surface area contributed by atoms with E-state index in [9.17, 15) is 4.79 Å². The fourth-order valence-electron chi connectivity index (χ4n) is 1.85. The molecule has 3 nitrogen and oxygen atoms in total. The number of carboxylic acids is 1. The summed E-state index contributed by atoms with van der Waals surface area (Å²) in [6, 6.07) is 0. The van der Waals surface area contributed by atoms with Crippen molar-refractivity contribution in [1.29, 1.82) is 0 Å². The number of carboxylic acid groups (broad SMARTS) is 1. The van der Waals surface area contributed by atoms with Gasteiger partial charge in [0, 0.05) is 0 Å². The summed E-state index contributed by atoms with van der Waals surface area (Å²) in [4.78, 5) is 11.0. The normalized spacial score (nSPS) is 14.5. The molecule has 2 unspecified atom stereocenters. The summed E-state index contributed by atoms with van der Waals surface area (Å²) in [7, 11) is 0. The minimum absolute atomic E-state index is 0.0600. The van der Waals surface area contributed by atoms with Gasteiger partial charge in [-0.3, -0.25) is 0 Å². The maximum absolute atomic E-state index is 11.0. The van der Waals surface area contributed by atoms with Crippen LogP contribution >= 0.6 is 0 Å². The Labute approximate surface area is 106 Å². The highest BCUT2D eigenvalue weighted by Crippen LogP contribution is 2.13. The van der Waals surface area contributed by atoms with E-state index in [1.165, 1.54) is 19.3 Å². The number of aliphatic carboxylic acids is 1. The maximum atomic E-state index is 11.0. The van der Waals surface area contributed by atoms with Gasteiger partial charge >= 0.3 is 5.97 Å². The molecule has 0 rings (SSSR count). The fourth-order valence-corrected chi connectivity index (χ4v) is 1.85. The summed E-state index contributed by atoms with van der Waals surface area (Å²) in [5, 5.41) is 9.03. The van der Waals surface area contributed by atoms with Gasteiger partial charge < -0.3 is 9.84 Å². The van der Waals surface area contributed by atoms with Crippen molar-refractivity contribution in [1.82, 2.24) is 0 Å². The molecular weight excluding hydrogens is 216 g/mol. The average molecular weight is 244 g/mol. The van der Waals surface area contributed by atoms with Crippen LogP contribution in [0.2, 0.25) is 0 Å². The summed E-state index contributed by atoms with van der Waals surface area (Å²) in [6.07, 6.45) is 7.81. The van der Waals surface area contributed by atoms with Crippen molar-refractivity contribution >= 4 is 5.97 Å². The van der Waals surface area contributed by atoms with Gasteiger partial charge in [-0.2, -0.15) is 0 Å². The molecule has 0 saturated heterocycles. The standard InChI is InChI=1S/C14H28O3/c1-4-6-8-9-10-12(3)17-13(14(15)16)11-7-5-2/h12-13H,4-11H2,1-3H3,(H,15,16). The molecule has 0 saturated carbocycles. The molecule has 17 heavy (non-hydrogen) atoms. The summed E-state index contributed by atoms with van der Waals surface area (Å²) in [5.74, 6) is -0.821. The molecule has 3 heteroatoms. The third kappa shape index (κ3) is 9.16. The molecule has 0 aliphatic rings. The Morgan fingerprint density at radius 2 is 1.71 bits per heavy atom. The Balaban J connectivity index is 3.78. The predicted octanol–water partition coefficient (Wildman–Crippen LogP) is 4.01. The first-order chi connectivity index (χ1) is 8.11. The molecule has 0 aliphatic carbocycles. The molecule has 0 aliphatic heterocycles. The quantitative estimate of drug-likeness (QED) is 0.559. The van der Waals surface area contributed by atoms with Crippen molar-refractivity contribution < 1.29 is 14.6 Å². The number of rotatable bonds is 11. The highest BCUT2D eigenvalue weighted by Gasteiger charge is 2.19. The van der Waals surface area contributed by atoms with Gasteiger partial charge in [0.1, 0.15) is 0 Å². The minimum Gasteiger partial charge on any atom is -0.479 e. The third-order valence-electron chi connectivity index (χ3n) is 2.96. The van der Waals surface area contributed by atoms with Crippen LogP contribution in [0, 0.1) is 0 Å². The smallest absolute Gasteiger partial charge is 0.332 e. The van der Waals surface area contributed by atoms with Gasteiger partial charge in [-0.05, 0) is 19.8 Å². The van der Waals surface area contributed by atoms with E-state index >= 15 is 0 Å². The van der Waals surface area contributed by atoms with Gasteiger partial charge in [-0.25, -0.2) is 4.79 Å². The van der Waals surface area contributed by atoms with Crippen LogP contribution in [0.15, 0.2) is 0 Å². The molecule has 2 atom stereocenters. The number of carbonyl (C=O) groups is 1. The van der Waals surface area contributed by atoms with Crippen molar-refractivity contribution in [2.24, 2.45) is 0 Å². The average Bonchev–Trinajstić information content (AvgIpc) is 2.29. The lowest BCUT2D eigenvalue weighted by Gasteiger charge is -2.19. The Morgan fingerprint density at radius 3 is 2.24 bits per heavy atom. The van der Waals surface area contributed by atoms with E-state index < -0.39 is 12.1 Å². The lowest BCUT2D eigenvalue weighted by molar-refractivity contribution is -0.154. The highest BCUT2D eigenvalue weighted by molar-refractivity contribution is 5.72. The second kappa shape index (κ2) is 10.6. The van der Waals surface area contributed by atoms with Gasteiger partial charge in [0.15, 0.2) is 6.10 Å². The minimum atomic E-state index is -0.821. The predicted molar refractivity (Wildman–Crippen MR) is 70.3 cm³/mol. The van der Waals surface area contributed by atoms with Gasteiger partial charge in [-0.1, -0.05) is 52.4 Å². The van der Waals surface area contributed by atoms with E-state index in [1.54, 1.807) is 0 Å². The first-order valence-corrected chi connectivity index (χ1v) is 7.00. The van der Waals surface area contributed by atoms with Crippen molar-refractivity contribution in [3.05, 3.63) is 0 Å². The summed E-state index contributed by atoms with van der Waals surface area (Å²) < 4.78 is 5.59. The van der Waals surface area contributed by atoms with E-state index in [4.69, 9.17) is 9.84 Å². The zero-order valence-electron chi connectivity index (χ0n) is 11.6. The second-order valence-electron chi connectivity index (χ2n) is 4.77. The molecule has 0 heterocycles. The molecule has 102 valence electrons. The fraction of sp³-hybridized carbons (Fsp3) is 0.929. The topological polar surface area (TPSA) is 46.5 Å². The van der Waals surface area contributed by atoms with E-state index in [0.29, 0.717) is 6.42 Å². The monoisotopic (exact) mass is 244 g/mol. The lowest BCUT2D eigenvalue weighted by Crippen LogP contribution is -2.28. The van der Waals surface area contributed by atoms with Crippen LogP contribution in [0.3, 0.4) is 0 Å². The van der Waals surface area contributed by atoms with Crippen LogP contribution in [0.4, 0.5) is 0 Å². The van der Waals surface area contributed by atoms with E-state index in [0.717, 1.165) is 25.7 Å². The molecule has 0 spiro atoms. The van der Waals surface area contributed by atoms with Crippen molar-refractivity contribution in [3.8, 4) is 0 Å². The van der Waals surface area contributed by atoms with Crippen LogP contribution in [0.5, 0.6) is 0 Å². The van der Waals surface area contributed by atoms with Crippen molar-refractivity contribution in [3.63, 3.8) is 0 Å². The Hall–Kier alpha value is -0.570. The second-order valence-corrected chi connectivity index (χ2v) is 4.77. The maximum Gasteiger partial charge on any atom is 0.332 e. The van der Waals surface area contributed by atoms with E-state index in [1.807, 2.05) is 6.92 Å². The largest absolute Gasteiger partial charge is 0.479 e. The zero-order chi connectivity index (χ0) is 13.1. The van der Waals surface area contributed by atoms with Crippen LogP contribution in [0.25, 0.3) is 0 Å². The van der Waals surface area contributed by atoms with Crippen molar-refractivity contribution in [2.45, 2.75) is 84.3 Å². The van der Waals surface area contributed by atoms with Gasteiger partial charge in [0.2, 0.25) is 0 Å². The first-order valence-electron chi connectivity index (χ1n) is 7.00. The molecule has 0 aromatic carbocycles. The summed E-state index contributed by atoms with van der Waals surface area (Å²) in [6.45, 7) is 6.23. The van der Waals surface area contributed by atoms with E-state index in [-0.39, 0.29) is 6.10 Å². The Bertz CT molecular complexity index is 192. The van der Waals surface area contributed by atoms with E-state index in [2.05, 4.69) is 13.8 Å². The molecule has 0 amide bonds. The van der Waals surface area contributed by atoms with Crippen LogP contribution in [-0.4, -0.2) is 23.3 Å². The Kier molecular flexibility index (Phi) is 10.2. The molecule has 1 N–H and O–H groups in total. The lowest BCUT2D eigenvalue weighted by atomic mass is 10.1. The highest BCUT2D eigenvalue weighted by atomic mass is 16.5. The summed E-state index contributed by atoms with van der Waals surface area (Å²) in [5.41, 5.74) is 0. The SMILES string of the molecule is CCCCCCC(C)OC(CCCC)C(=O)O. The number of ether oxygens (including phenoxy) is 1. The molecule has 0 aromatic rings. The van der Waals surface area contributed by atoms with Crippen LogP contribution in [-0.2, 0) is 9.53 Å². The summed E-state index contributed by atoms with van der Waals surface area (Å²) >= 11 is 0. The van der Waals surface area contributed by atoms with Gasteiger partial charge in [0.25, 0.3) is 0 Å². The van der Waals surface area contributed by atoms with Gasteiger partial charge in [-0.15, -0.1) is 0 Å². The molecule has 0 bridgehead atoms. The number of hydrogen-bond donors (Lipinski definition) is 1. The molecule has 0 aromatic heterocycles. The zero-order valence-corrected chi connectivity index (χ0v) is 11.6.